The molecule has 8 heteroatoms. The topological polar surface area (TPSA) is 96.3 Å². The van der Waals surface area contributed by atoms with Crippen LogP contribution in [0.3, 0.4) is 0 Å². The molecule has 0 aliphatic carbocycles. The van der Waals surface area contributed by atoms with Gasteiger partial charge in [-0.05, 0) is 49.1 Å². The fraction of sp³-hybridized carbons (Fsp3) is 0.308. The Labute approximate surface area is 199 Å². The number of aromatic nitrogens is 2. The van der Waals surface area contributed by atoms with Gasteiger partial charge < -0.3 is 20.1 Å². The van der Waals surface area contributed by atoms with E-state index in [-0.39, 0.29) is 17.7 Å². The summed E-state index contributed by atoms with van der Waals surface area (Å²) in [6, 6.07) is 14.5. The van der Waals surface area contributed by atoms with Crippen LogP contribution in [0.25, 0.3) is 5.69 Å². The van der Waals surface area contributed by atoms with Gasteiger partial charge in [0.05, 0.1) is 5.69 Å². The monoisotopic (exact) mass is 459 g/mol. The second-order valence-electron chi connectivity index (χ2n) is 8.45. The lowest BCUT2D eigenvalue weighted by Gasteiger charge is -2.24. The fourth-order valence-corrected chi connectivity index (χ4v) is 4.27. The molecule has 2 N–H and O–H groups in total. The summed E-state index contributed by atoms with van der Waals surface area (Å²) in [5.74, 6) is 0.465. The average molecular weight is 460 g/mol. The minimum Gasteiger partial charge on any atom is -0.352 e. The third kappa shape index (κ3) is 5.17. The minimum absolute atomic E-state index is 0.103. The van der Waals surface area contributed by atoms with Crippen molar-refractivity contribution < 1.29 is 14.4 Å². The van der Waals surface area contributed by atoms with E-state index < -0.39 is 6.04 Å². The number of benzene rings is 2. The maximum Gasteiger partial charge on any atom is 0.254 e. The number of amides is 3. The lowest BCUT2D eigenvalue weighted by molar-refractivity contribution is -0.125. The van der Waals surface area contributed by atoms with Gasteiger partial charge in [0.2, 0.25) is 11.8 Å². The first-order valence-electron chi connectivity index (χ1n) is 11.4. The number of hydrogen-bond acceptors (Lipinski definition) is 4. The van der Waals surface area contributed by atoms with Gasteiger partial charge in [-0.15, -0.1) is 0 Å². The Kier molecular flexibility index (Phi) is 7.06. The van der Waals surface area contributed by atoms with Crippen molar-refractivity contribution in [2.75, 3.05) is 6.54 Å². The highest BCUT2D eigenvalue weighted by molar-refractivity contribution is 5.98. The van der Waals surface area contributed by atoms with Crippen molar-refractivity contribution in [1.82, 2.24) is 25.1 Å². The summed E-state index contributed by atoms with van der Waals surface area (Å²) in [6.45, 7) is 4.73. The highest BCUT2D eigenvalue weighted by Gasteiger charge is 2.34. The first-order valence-corrected chi connectivity index (χ1v) is 11.4. The van der Waals surface area contributed by atoms with Crippen LogP contribution in [0.2, 0.25) is 0 Å². The van der Waals surface area contributed by atoms with Crippen LogP contribution in [0.15, 0.2) is 60.9 Å². The third-order valence-electron chi connectivity index (χ3n) is 6.09. The molecule has 0 bridgehead atoms. The van der Waals surface area contributed by atoms with E-state index in [1.54, 1.807) is 23.2 Å². The summed E-state index contributed by atoms with van der Waals surface area (Å²) in [5, 5.41) is 5.77. The molecule has 176 valence electrons. The van der Waals surface area contributed by atoms with E-state index in [1.807, 2.05) is 54.1 Å². The molecule has 2 heterocycles. The van der Waals surface area contributed by atoms with Crippen LogP contribution >= 0.6 is 0 Å². The summed E-state index contributed by atoms with van der Waals surface area (Å²) < 4.78 is 1.99. The zero-order chi connectivity index (χ0) is 24.1. The van der Waals surface area contributed by atoms with Gasteiger partial charge in [-0.3, -0.25) is 14.4 Å². The van der Waals surface area contributed by atoms with E-state index in [9.17, 15) is 14.4 Å². The first-order chi connectivity index (χ1) is 16.4. The summed E-state index contributed by atoms with van der Waals surface area (Å²) in [5.41, 5.74) is 3.39. The van der Waals surface area contributed by atoms with Gasteiger partial charge in [0.1, 0.15) is 11.9 Å². The van der Waals surface area contributed by atoms with Gasteiger partial charge in [-0.25, -0.2) is 4.98 Å². The lowest BCUT2D eigenvalue weighted by atomic mass is 10.1. The number of likely N-dealkylation sites (tertiary alicyclic amines) is 1. The molecule has 1 aliphatic heterocycles. The van der Waals surface area contributed by atoms with Crippen LogP contribution < -0.4 is 10.6 Å². The molecule has 8 nitrogen and oxygen atoms in total. The Hall–Kier alpha value is -3.94. The number of carbonyl (C=O) groups excluding carboxylic acids is 3. The normalized spacial score (nSPS) is 15.2. The van der Waals surface area contributed by atoms with Crippen LogP contribution in [-0.2, 0) is 22.7 Å². The van der Waals surface area contributed by atoms with Gasteiger partial charge in [0.15, 0.2) is 0 Å². The highest BCUT2D eigenvalue weighted by atomic mass is 16.2. The summed E-state index contributed by atoms with van der Waals surface area (Å²) in [4.78, 5) is 43.2. The molecule has 3 aromatic rings. The smallest absolute Gasteiger partial charge is 0.254 e. The molecule has 1 fully saturated rings. The van der Waals surface area contributed by atoms with Gasteiger partial charge in [0, 0.05) is 44.5 Å². The van der Waals surface area contributed by atoms with E-state index >= 15 is 0 Å². The molecular weight excluding hydrogens is 430 g/mol. The predicted molar refractivity (Wildman–Crippen MR) is 128 cm³/mol. The molecule has 1 aromatic heterocycles. The molecular formula is C26H29N5O3. The van der Waals surface area contributed by atoms with Gasteiger partial charge in [-0.1, -0.05) is 30.3 Å². The summed E-state index contributed by atoms with van der Waals surface area (Å²) >= 11 is 0. The molecule has 0 radical (unpaired) electrons. The Balaban J connectivity index is 1.41. The van der Waals surface area contributed by atoms with Crippen molar-refractivity contribution in [2.45, 2.75) is 45.8 Å². The maximum atomic E-state index is 13.1. The zero-order valence-electron chi connectivity index (χ0n) is 19.5. The largest absolute Gasteiger partial charge is 0.352 e. The standard InChI is InChI=1S/C26H29N5O3/c1-18-27-13-15-30(18)23-7-4-3-6-22(23)17-29-25(33)24-8-5-14-31(24)26(34)21-11-9-20(10-12-21)16-28-19(2)32/h3-4,6-7,9-13,15,24H,5,8,14,16-17H2,1-2H3,(H,28,32)(H,29,33). The van der Waals surface area contributed by atoms with Crippen molar-refractivity contribution in [2.24, 2.45) is 0 Å². The van der Waals surface area contributed by atoms with Gasteiger partial charge in [-0.2, -0.15) is 0 Å². The Morgan fingerprint density at radius 2 is 1.79 bits per heavy atom. The van der Waals surface area contributed by atoms with Crippen LogP contribution in [-0.4, -0.2) is 44.8 Å². The molecule has 1 aliphatic rings. The van der Waals surface area contributed by atoms with E-state index in [0.717, 1.165) is 29.1 Å². The average Bonchev–Trinajstić information content (AvgIpc) is 3.50. The number of nitrogens with one attached hydrogen (secondary N) is 2. The molecule has 0 spiro atoms. The highest BCUT2D eigenvalue weighted by Crippen LogP contribution is 2.22. The minimum atomic E-state index is -0.492. The Morgan fingerprint density at radius 1 is 1.03 bits per heavy atom. The van der Waals surface area contributed by atoms with Crippen molar-refractivity contribution in [3.05, 3.63) is 83.4 Å². The number of aryl methyl sites for hydroxylation is 1. The Bertz CT molecular complexity index is 1190. The van der Waals surface area contributed by atoms with Gasteiger partial charge >= 0.3 is 0 Å². The number of hydrogen-bond donors (Lipinski definition) is 2. The SMILES string of the molecule is CC(=O)NCc1ccc(C(=O)N2CCCC2C(=O)NCc2ccccc2-n2ccnc2C)cc1. The summed E-state index contributed by atoms with van der Waals surface area (Å²) in [7, 11) is 0. The molecule has 4 rings (SSSR count). The van der Waals surface area contributed by atoms with Crippen molar-refractivity contribution in [3.8, 4) is 5.69 Å². The number of para-hydroxylation sites is 1. The second-order valence-corrected chi connectivity index (χ2v) is 8.45. The fourth-order valence-electron chi connectivity index (χ4n) is 4.27. The summed E-state index contributed by atoms with van der Waals surface area (Å²) in [6.07, 6.45) is 5.07. The third-order valence-corrected chi connectivity index (χ3v) is 6.09. The second kappa shape index (κ2) is 10.3. The first kappa shape index (κ1) is 23.2. The molecule has 0 saturated carbocycles. The number of rotatable bonds is 7. The predicted octanol–water partition coefficient (Wildman–Crippen LogP) is 2.74. The Morgan fingerprint density at radius 3 is 2.50 bits per heavy atom. The molecule has 1 saturated heterocycles. The molecule has 2 aromatic carbocycles. The number of nitrogens with zero attached hydrogens (tertiary/aromatic N) is 3. The number of carbonyl (C=O) groups is 3. The van der Waals surface area contributed by atoms with Gasteiger partial charge in [0.25, 0.3) is 5.91 Å². The number of imidazole rings is 1. The molecule has 34 heavy (non-hydrogen) atoms. The lowest BCUT2D eigenvalue weighted by Crippen LogP contribution is -2.45. The molecule has 1 unspecified atom stereocenters. The van der Waals surface area contributed by atoms with Crippen molar-refractivity contribution in [1.29, 1.82) is 0 Å². The molecule has 1 atom stereocenters. The van der Waals surface area contributed by atoms with Crippen LogP contribution in [0.4, 0.5) is 0 Å². The van der Waals surface area contributed by atoms with Crippen molar-refractivity contribution in [3.63, 3.8) is 0 Å². The van der Waals surface area contributed by atoms with Crippen LogP contribution in [0.5, 0.6) is 0 Å². The van der Waals surface area contributed by atoms with Crippen LogP contribution in [0.1, 0.15) is 47.1 Å². The van der Waals surface area contributed by atoms with E-state index in [2.05, 4.69) is 15.6 Å². The van der Waals surface area contributed by atoms with E-state index in [1.165, 1.54) is 6.92 Å². The zero-order valence-corrected chi connectivity index (χ0v) is 19.5. The maximum absolute atomic E-state index is 13.1. The van der Waals surface area contributed by atoms with E-state index in [4.69, 9.17) is 0 Å². The van der Waals surface area contributed by atoms with Crippen LogP contribution in [0, 0.1) is 6.92 Å². The molecule has 3 amide bonds. The quantitative estimate of drug-likeness (QED) is 0.568. The van der Waals surface area contributed by atoms with E-state index in [0.29, 0.717) is 31.6 Å². The van der Waals surface area contributed by atoms with Crippen molar-refractivity contribution >= 4 is 17.7 Å².